The quantitative estimate of drug-likeness (QED) is 0.692. The highest BCUT2D eigenvalue weighted by Crippen LogP contribution is 2.32. The van der Waals surface area contributed by atoms with Crippen molar-refractivity contribution < 1.29 is 9.90 Å². The molecule has 6 heteroatoms. The number of hydrogen-bond donors (Lipinski definition) is 2. The number of carbonyl (C=O) groups is 1. The van der Waals surface area contributed by atoms with Crippen LogP contribution in [0.1, 0.15) is 10.5 Å². The van der Waals surface area contributed by atoms with Crippen LogP contribution in [0.5, 0.6) is 0 Å². The van der Waals surface area contributed by atoms with Gasteiger partial charge in [0.15, 0.2) is 10.7 Å². The molecular formula is C12H9N3O2S. The number of imidazole rings is 1. The number of nitrogen functional groups attached to an aromatic ring is 1. The van der Waals surface area contributed by atoms with Gasteiger partial charge in [-0.25, -0.2) is 9.78 Å². The zero-order chi connectivity index (χ0) is 12.7. The van der Waals surface area contributed by atoms with Gasteiger partial charge in [0.2, 0.25) is 0 Å². The predicted octanol–water partition coefficient (Wildman–Crippen LogP) is 2.34. The van der Waals surface area contributed by atoms with E-state index in [2.05, 4.69) is 4.98 Å². The number of carboxylic acids is 1. The number of rotatable bonds is 2. The molecule has 5 nitrogen and oxygen atoms in total. The lowest BCUT2D eigenvalue weighted by molar-refractivity contribution is 0.0691. The number of anilines is 1. The Bertz CT molecular complexity index is 713. The summed E-state index contributed by atoms with van der Waals surface area (Å²) >= 11 is 1.41. The number of hydrogen-bond acceptors (Lipinski definition) is 4. The lowest BCUT2D eigenvalue weighted by atomic mass is 10.1. The summed E-state index contributed by atoms with van der Waals surface area (Å²) in [6.07, 6.45) is 3.34. The van der Waals surface area contributed by atoms with Gasteiger partial charge in [0.1, 0.15) is 0 Å². The minimum absolute atomic E-state index is 0.0498. The first-order valence-electron chi connectivity index (χ1n) is 5.22. The fourth-order valence-corrected chi connectivity index (χ4v) is 2.76. The Morgan fingerprint density at radius 2 is 2.11 bits per heavy atom. The molecule has 2 aromatic heterocycles. The molecule has 3 N–H and O–H groups in total. The Kier molecular flexibility index (Phi) is 2.31. The van der Waals surface area contributed by atoms with Crippen molar-refractivity contribution >= 4 is 28.0 Å². The molecule has 2 heterocycles. The molecule has 0 radical (unpaired) electrons. The van der Waals surface area contributed by atoms with E-state index < -0.39 is 5.97 Å². The lowest BCUT2D eigenvalue weighted by Gasteiger charge is -2.00. The van der Waals surface area contributed by atoms with Crippen molar-refractivity contribution in [2.75, 3.05) is 5.73 Å². The van der Waals surface area contributed by atoms with Crippen LogP contribution < -0.4 is 5.73 Å². The average molecular weight is 259 g/mol. The maximum absolute atomic E-state index is 10.8. The van der Waals surface area contributed by atoms with Gasteiger partial charge in [0.05, 0.1) is 4.88 Å². The molecule has 0 aliphatic carbocycles. The van der Waals surface area contributed by atoms with E-state index in [4.69, 9.17) is 10.8 Å². The number of fused-ring (bicyclic) bond motifs is 1. The van der Waals surface area contributed by atoms with E-state index >= 15 is 0 Å². The molecule has 1 aromatic carbocycles. The molecular weight excluding hydrogens is 250 g/mol. The van der Waals surface area contributed by atoms with E-state index in [-0.39, 0.29) is 5.69 Å². The molecule has 0 saturated carbocycles. The van der Waals surface area contributed by atoms with Crippen molar-refractivity contribution in [1.82, 2.24) is 9.38 Å². The minimum atomic E-state index is -1.02. The third-order valence-corrected chi connectivity index (χ3v) is 3.63. The van der Waals surface area contributed by atoms with E-state index in [1.54, 1.807) is 4.40 Å². The zero-order valence-electron chi connectivity index (χ0n) is 9.20. The summed E-state index contributed by atoms with van der Waals surface area (Å²) in [5, 5.41) is 8.84. The summed E-state index contributed by atoms with van der Waals surface area (Å²) < 4.78 is 1.70. The van der Waals surface area contributed by atoms with Crippen molar-refractivity contribution in [2.24, 2.45) is 0 Å². The third-order valence-electron chi connectivity index (χ3n) is 2.60. The summed E-state index contributed by atoms with van der Waals surface area (Å²) in [5.74, 6) is -1.02. The number of thiazole rings is 1. The van der Waals surface area contributed by atoms with Crippen LogP contribution in [-0.2, 0) is 0 Å². The molecule has 0 unspecified atom stereocenters. The zero-order valence-corrected chi connectivity index (χ0v) is 10.0. The normalized spacial score (nSPS) is 10.9. The second kappa shape index (κ2) is 3.85. The minimum Gasteiger partial charge on any atom is -0.476 e. The largest absolute Gasteiger partial charge is 0.476 e. The van der Waals surface area contributed by atoms with Gasteiger partial charge in [-0.2, -0.15) is 0 Å². The SMILES string of the molecule is Nc1ccccc1-c1cn2cc(C(=O)O)nc2s1. The standard InChI is InChI=1S/C12H9N3O2S/c13-8-4-2-1-3-7(8)10-6-15-5-9(11(16)17)14-12(15)18-10/h1-6H,13H2,(H,16,17). The van der Waals surface area contributed by atoms with Crippen molar-refractivity contribution in [2.45, 2.75) is 0 Å². The summed E-state index contributed by atoms with van der Waals surface area (Å²) in [6, 6.07) is 7.55. The Hall–Kier alpha value is -2.34. The Labute approximate surface area is 106 Å². The molecule has 0 spiro atoms. The maximum Gasteiger partial charge on any atom is 0.356 e. The van der Waals surface area contributed by atoms with Gasteiger partial charge < -0.3 is 10.8 Å². The Morgan fingerprint density at radius 3 is 2.78 bits per heavy atom. The van der Waals surface area contributed by atoms with Crippen LogP contribution in [0.15, 0.2) is 36.7 Å². The summed E-state index contributed by atoms with van der Waals surface area (Å²) in [5.41, 5.74) is 7.58. The highest BCUT2D eigenvalue weighted by atomic mass is 32.1. The molecule has 3 aromatic rings. The van der Waals surface area contributed by atoms with Crippen molar-refractivity contribution in [3.8, 4) is 10.4 Å². The van der Waals surface area contributed by atoms with Gasteiger partial charge >= 0.3 is 5.97 Å². The second-order valence-electron chi connectivity index (χ2n) is 3.80. The van der Waals surface area contributed by atoms with Gasteiger partial charge in [-0.15, -0.1) is 0 Å². The van der Waals surface area contributed by atoms with E-state index in [0.717, 1.165) is 10.4 Å². The first-order valence-corrected chi connectivity index (χ1v) is 6.03. The highest BCUT2D eigenvalue weighted by molar-refractivity contribution is 7.20. The van der Waals surface area contributed by atoms with Gasteiger partial charge in [-0.1, -0.05) is 29.5 Å². The first-order chi connectivity index (χ1) is 8.65. The van der Waals surface area contributed by atoms with Crippen LogP contribution >= 0.6 is 11.3 Å². The van der Waals surface area contributed by atoms with Crippen molar-refractivity contribution in [1.29, 1.82) is 0 Å². The molecule has 0 aliphatic heterocycles. The maximum atomic E-state index is 10.8. The van der Waals surface area contributed by atoms with Crippen molar-refractivity contribution in [3.63, 3.8) is 0 Å². The number of nitrogens with zero attached hydrogens (tertiary/aromatic N) is 2. The third kappa shape index (κ3) is 1.63. The van der Waals surface area contributed by atoms with E-state index in [9.17, 15) is 4.79 Å². The summed E-state index contributed by atoms with van der Waals surface area (Å²) in [6.45, 7) is 0. The van der Waals surface area contributed by atoms with E-state index in [1.165, 1.54) is 17.5 Å². The average Bonchev–Trinajstić information content (AvgIpc) is 2.87. The molecule has 0 amide bonds. The lowest BCUT2D eigenvalue weighted by Crippen LogP contribution is -1.95. The summed E-state index contributed by atoms with van der Waals surface area (Å²) in [7, 11) is 0. The number of aromatic nitrogens is 2. The van der Waals surface area contributed by atoms with Gasteiger partial charge in [-0.3, -0.25) is 4.40 Å². The van der Waals surface area contributed by atoms with Gasteiger partial charge in [0, 0.05) is 23.6 Å². The number of para-hydroxylation sites is 1. The molecule has 3 rings (SSSR count). The van der Waals surface area contributed by atoms with Crippen LogP contribution in [-0.4, -0.2) is 20.5 Å². The van der Waals surface area contributed by atoms with Crippen LogP contribution in [0.25, 0.3) is 15.4 Å². The number of nitrogens with two attached hydrogens (primary N) is 1. The van der Waals surface area contributed by atoms with Crippen LogP contribution in [0, 0.1) is 0 Å². The fourth-order valence-electron chi connectivity index (χ4n) is 1.74. The van der Waals surface area contributed by atoms with Gasteiger partial charge in [0.25, 0.3) is 0 Å². The van der Waals surface area contributed by atoms with Gasteiger partial charge in [-0.05, 0) is 6.07 Å². The predicted molar refractivity (Wildman–Crippen MR) is 69.9 cm³/mol. The Morgan fingerprint density at radius 1 is 1.33 bits per heavy atom. The Balaban J connectivity index is 2.12. The molecule has 0 atom stereocenters. The van der Waals surface area contributed by atoms with Crippen LogP contribution in [0.2, 0.25) is 0 Å². The van der Waals surface area contributed by atoms with Crippen molar-refractivity contribution in [3.05, 3.63) is 42.4 Å². The monoisotopic (exact) mass is 259 g/mol. The molecule has 0 fully saturated rings. The topological polar surface area (TPSA) is 80.6 Å². The highest BCUT2D eigenvalue weighted by Gasteiger charge is 2.12. The second-order valence-corrected chi connectivity index (χ2v) is 4.81. The smallest absolute Gasteiger partial charge is 0.356 e. The number of carboxylic acid groups (broad SMARTS) is 1. The molecule has 0 saturated heterocycles. The van der Waals surface area contributed by atoms with E-state index in [0.29, 0.717) is 10.6 Å². The molecule has 0 aliphatic rings. The molecule has 90 valence electrons. The first kappa shape index (κ1) is 10.8. The van der Waals surface area contributed by atoms with Crippen LogP contribution in [0.3, 0.4) is 0 Å². The number of benzene rings is 1. The number of aromatic carboxylic acids is 1. The molecule has 0 bridgehead atoms. The fraction of sp³-hybridized carbons (Fsp3) is 0. The summed E-state index contributed by atoms with van der Waals surface area (Å²) in [4.78, 5) is 16.4. The molecule has 18 heavy (non-hydrogen) atoms. The van der Waals surface area contributed by atoms with Crippen LogP contribution in [0.4, 0.5) is 5.69 Å². The van der Waals surface area contributed by atoms with E-state index in [1.807, 2.05) is 30.5 Å².